The molecule has 2 N–H and O–H groups in total. The number of oxazole rings is 1. The lowest BCUT2D eigenvalue weighted by atomic mass is 9.84. The van der Waals surface area contributed by atoms with Crippen LogP contribution in [0.15, 0.2) is 46.9 Å². The molecule has 6 nitrogen and oxygen atoms in total. The van der Waals surface area contributed by atoms with E-state index in [1.54, 1.807) is 0 Å². The van der Waals surface area contributed by atoms with Crippen LogP contribution in [-0.2, 0) is 0 Å². The number of hydrogen-bond donors (Lipinski definition) is 2. The van der Waals surface area contributed by atoms with E-state index in [2.05, 4.69) is 10.3 Å². The van der Waals surface area contributed by atoms with Crippen molar-refractivity contribution in [3.8, 4) is 23.0 Å². The van der Waals surface area contributed by atoms with Gasteiger partial charge in [-0.15, -0.1) is 0 Å². The molecule has 0 aliphatic heterocycles. The smallest absolute Gasteiger partial charge is 0.227 e. The Balaban J connectivity index is 1.03. The van der Waals surface area contributed by atoms with E-state index >= 15 is 0 Å². The number of aliphatic hydroxyl groups is 1. The van der Waals surface area contributed by atoms with Crippen LogP contribution in [0.25, 0.3) is 22.6 Å². The normalized spacial score (nSPS) is 20.6. The first-order valence-corrected chi connectivity index (χ1v) is 14.9. The van der Waals surface area contributed by atoms with Crippen LogP contribution in [0.5, 0.6) is 11.5 Å². The lowest BCUT2D eigenvalue weighted by Crippen LogP contribution is -2.32. The number of rotatable bonds is 13. The van der Waals surface area contributed by atoms with Gasteiger partial charge in [0.15, 0.2) is 5.58 Å². The molecule has 2 aromatic carbocycles. The number of aliphatic hydroxyl groups excluding tert-OH is 1. The van der Waals surface area contributed by atoms with E-state index in [1.165, 1.54) is 57.8 Å². The molecule has 0 amide bonds. The van der Waals surface area contributed by atoms with Gasteiger partial charge >= 0.3 is 0 Å². The van der Waals surface area contributed by atoms with E-state index in [4.69, 9.17) is 13.9 Å². The van der Waals surface area contributed by atoms with E-state index in [9.17, 15) is 5.11 Å². The van der Waals surface area contributed by atoms with E-state index in [0.717, 1.165) is 72.9 Å². The summed E-state index contributed by atoms with van der Waals surface area (Å²) in [7, 11) is 0. The second kappa shape index (κ2) is 14.0. The van der Waals surface area contributed by atoms with Crippen LogP contribution in [0.3, 0.4) is 0 Å². The second-order valence-corrected chi connectivity index (χ2v) is 11.2. The highest BCUT2D eigenvalue weighted by atomic mass is 16.5. The molecule has 206 valence electrons. The number of hydrogen-bond acceptors (Lipinski definition) is 6. The molecule has 0 spiro atoms. The van der Waals surface area contributed by atoms with Crippen molar-refractivity contribution in [2.45, 2.75) is 95.6 Å². The number of aromatic nitrogens is 1. The van der Waals surface area contributed by atoms with Crippen LogP contribution in [0.2, 0.25) is 0 Å². The van der Waals surface area contributed by atoms with Crippen LogP contribution in [-0.4, -0.2) is 42.0 Å². The number of nitrogens with zero attached hydrogens (tertiary/aromatic N) is 1. The maximum Gasteiger partial charge on any atom is 0.227 e. The molecule has 2 saturated carbocycles. The molecule has 0 radical (unpaired) electrons. The Morgan fingerprint density at radius 1 is 0.816 bits per heavy atom. The summed E-state index contributed by atoms with van der Waals surface area (Å²) < 4.78 is 18.0. The maximum atomic E-state index is 9.64. The third-order valence-electron chi connectivity index (χ3n) is 8.18. The van der Waals surface area contributed by atoms with Gasteiger partial charge in [-0.25, -0.2) is 4.98 Å². The third kappa shape index (κ3) is 7.97. The number of unbranched alkanes of at least 4 members (excludes halogenated alkanes) is 1. The van der Waals surface area contributed by atoms with Crippen LogP contribution < -0.4 is 14.8 Å². The summed E-state index contributed by atoms with van der Waals surface area (Å²) in [5.74, 6) is 3.09. The molecule has 2 aliphatic rings. The lowest BCUT2D eigenvalue weighted by molar-refractivity contribution is 0.105. The highest BCUT2D eigenvalue weighted by molar-refractivity contribution is 5.77. The van der Waals surface area contributed by atoms with Gasteiger partial charge < -0.3 is 24.3 Å². The predicted molar refractivity (Wildman–Crippen MR) is 152 cm³/mol. The molecule has 1 heterocycles. The minimum Gasteiger partial charge on any atom is -0.494 e. The Morgan fingerprint density at radius 3 is 2.37 bits per heavy atom. The fourth-order valence-corrected chi connectivity index (χ4v) is 5.85. The summed E-state index contributed by atoms with van der Waals surface area (Å²) >= 11 is 0. The Labute approximate surface area is 227 Å². The largest absolute Gasteiger partial charge is 0.494 e. The van der Waals surface area contributed by atoms with Crippen LogP contribution in [0.1, 0.15) is 83.5 Å². The van der Waals surface area contributed by atoms with E-state index in [0.29, 0.717) is 18.5 Å². The summed E-state index contributed by atoms with van der Waals surface area (Å²) in [4.78, 5) is 4.66. The number of ether oxygens (including phenoxy) is 2. The fraction of sp³-hybridized carbons (Fsp3) is 0.594. The van der Waals surface area contributed by atoms with Crippen LogP contribution in [0, 0.1) is 5.92 Å². The Hall–Kier alpha value is -2.57. The SMILES string of the molecule is O[C@H]1CC[C@H](CCCCOc2ccc(-c3nc4ccc(OCCCNC5CCCCC5)cc4o3)cc2)CC1. The van der Waals surface area contributed by atoms with Crippen molar-refractivity contribution in [1.82, 2.24) is 10.3 Å². The van der Waals surface area contributed by atoms with Gasteiger partial charge in [0.25, 0.3) is 0 Å². The highest BCUT2D eigenvalue weighted by Crippen LogP contribution is 2.30. The van der Waals surface area contributed by atoms with Crippen LogP contribution >= 0.6 is 0 Å². The maximum absolute atomic E-state index is 9.64. The van der Waals surface area contributed by atoms with Crippen molar-refractivity contribution in [3.63, 3.8) is 0 Å². The van der Waals surface area contributed by atoms with Crippen molar-refractivity contribution in [3.05, 3.63) is 42.5 Å². The highest BCUT2D eigenvalue weighted by Gasteiger charge is 2.18. The minimum atomic E-state index is -0.0630. The summed E-state index contributed by atoms with van der Waals surface area (Å²) in [5.41, 5.74) is 2.51. The molecule has 2 aliphatic carbocycles. The first kappa shape index (κ1) is 27.0. The second-order valence-electron chi connectivity index (χ2n) is 11.2. The topological polar surface area (TPSA) is 76.8 Å². The fourth-order valence-electron chi connectivity index (χ4n) is 5.85. The van der Waals surface area contributed by atoms with E-state index in [1.807, 2.05) is 42.5 Å². The molecule has 0 saturated heterocycles. The van der Waals surface area contributed by atoms with Gasteiger partial charge in [0.1, 0.15) is 17.0 Å². The van der Waals surface area contributed by atoms with Crippen molar-refractivity contribution < 1.29 is 19.0 Å². The van der Waals surface area contributed by atoms with Crippen LogP contribution in [0.4, 0.5) is 0 Å². The molecule has 1 aromatic heterocycles. The van der Waals surface area contributed by atoms with Gasteiger partial charge in [0, 0.05) is 17.7 Å². The predicted octanol–water partition coefficient (Wildman–Crippen LogP) is 7.29. The molecular formula is C32H44N2O4. The standard InChI is InChI=1S/C32H44N2O4/c35-27-14-10-24(11-15-27)7-4-5-21-36-28-16-12-25(13-17-28)32-34-30-19-18-29(23-31(30)38-32)37-22-6-20-33-26-8-2-1-3-9-26/h12-13,16-19,23-24,26-27,33,35H,1-11,14-15,20-22H2/t24-,27-. The molecule has 5 rings (SSSR count). The molecule has 0 bridgehead atoms. The van der Waals surface area contributed by atoms with Gasteiger partial charge in [0.2, 0.25) is 5.89 Å². The van der Waals surface area contributed by atoms with Gasteiger partial charge in [-0.2, -0.15) is 0 Å². The number of benzene rings is 2. The van der Waals surface area contributed by atoms with E-state index in [-0.39, 0.29) is 6.10 Å². The molecule has 0 unspecified atom stereocenters. The Morgan fingerprint density at radius 2 is 1.55 bits per heavy atom. The first-order chi connectivity index (χ1) is 18.7. The van der Waals surface area contributed by atoms with Gasteiger partial charge in [0.05, 0.1) is 19.3 Å². The van der Waals surface area contributed by atoms with Gasteiger partial charge in [-0.05, 0) is 107 Å². The van der Waals surface area contributed by atoms with Gasteiger partial charge in [-0.1, -0.05) is 25.7 Å². The number of fused-ring (bicyclic) bond motifs is 1. The molecule has 2 fully saturated rings. The average Bonchev–Trinajstić information content (AvgIpc) is 3.38. The molecule has 3 aromatic rings. The average molecular weight is 521 g/mol. The summed E-state index contributed by atoms with van der Waals surface area (Å²) in [5, 5.41) is 13.3. The molecule has 38 heavy (non-hydrogen) atoms. The zero-order valence-electron chi connectivity index (χ0n) is 22.7. The monoisotopic (exact) mass is 520 g/mol. The summed E-state index contributed by atoms with van der Waals surface area (Å²) in [6.07, 6.45) is 15.5. The summed E-state index contributed by atoms with van der Waals surface area (Å²) in [6.45, 7) is 2.43. The summed E-state index contributed by atoms with van der Waals surface area (Å²) in [6, 6.07) is 14.6. The minimum absolute atomic E-state index is 0.0630. The zero-order valence-corrected chi connectivity index (χ0v) is 22.7. The quantitative estimate of drug-likeness (QED) is 0.231. The molecule has 0 atom stereocenters. The first-order valence-electron chi connectivity index (χ1n) is 14.9. The van der Waals surface area contributed by atoms with Gasteiger partial charge in [-0.3, -0.25) is 0 Å². The van der Waals surface area contributed by atoms with Crippen molar-refractivity contribution in [2.75, 3.05) is 19.8 Å². The Bertz CT molecular complexity index is 1100. The molecule has 6 heteroatoms. The zero-order chi connectivity index (χ0) is 26.0. The van der Waals surface area contributed by atoms with Crippen molar-refractivity contribution >= 4 is 11.1 Å². The lowest BCUT2D eigenvalue weighted by Gasteiger charge is -2.25. The Kier molecular flexibility index (Phi) is 9.95. The van der Waals surface area contributed by atoms with Crippen molar-refractivity contribution in [2.24, 2.45) is 5.92 Å². The third-order valence-corrected chi connectivity index (χ3v) is 8.18. The van der Waals surface area contributed by atoms with E-state index < -0.39 is 0 Å². The van der Waals surface area contributed by atoms with Crippen molar-refractivity contribution in [1.29, 1.82) is 0 Å². The molecular weight excluding hydrogens is 476 g/mol. The number of nitrogens with one attached hydrogen (secondary N) is 1.